The minimum absolute atomic E-state index is 0.178. The third kappa shape index (κ3) is 3.70. The lowest BCUT2D eigenvalue weighted by Crippen LogP contribution is -2.35. The Balaban J connectivity index is 1.72. The lowest BCUT2D eigenvalue weighted by molar-refractivity contribution is 0.0787. The third-order valence-corrected chi connectivity index (χ3v) is 5.17. The van der Waals surface area contributed by atoms with Crippen LogP contribution in [0.25, 0.3) is 16.9 Å². The van der Waals surface area contributed by atoms with E-state index >= 15 is 0 Å². The van der Waals surface area contributed by atoms with Crippen LogP contribution in [0, 0.1) is 0 Å². The summed E-state index contributed by atoms with van der Waals surface area (Å²) in [6, 6.07) is 12.0. The average Bonchev–Trinajstić information content (AvgIpc) is 3.08. The van der Waals surface area contributed by atoms with E-state index in [4.69, 9.17) is 0 Å². The van der Waals surface area contributed by atoms with E-state index in [-0.39, 0.29) is 6.10 Å². The summed E-state index contributed by atoms with van der Waals surface area (Å²) in [7, 11) is 0. The van der Waals surface area contributed by atoms with Crippen LogP contribution in [0.4, 0.5) is 0 Å². The predicted octanol–water partition coefficient (Wildman–Crippen LogP) is 3.05. The Hall–Kier alpha value is -2.09. The Morgan fingerprint density at radius 3 is 2.62 bits per heavy atom. The van der Waals surface area contributed by atoms with Crippen LogP contribution in [-0.4, -0.2) is 49.2 Å². The van der Waals surface area contributed by atoms with Gasteiger partial charge in [0.05, 0.1) is 17.5 Å². The van der Waals surface area contributed by atoms with Gasteiger partial charge in [-0.2, -0.15) is 0 Å². The monoisotopic (exact) mass is 413 g/mol. The van der Waals surface area contributed by atoms with Crippen molar-refractivity contribution >= 4 is 15.9 Å². The Labute approximate surface area is 160 Å². The fourth-order valence-electron chi connectivity index (χ4n) is 3.30. The number of aliphatic hydroxyl groups excluding tert-OH is 1. The molecule has 1 fully saturated rings. The molecule has 3 heterocycles. The number of halogens is 1. The van der Waals surface area contributed by atoms with Crippen molar-refractivity contribution in [3.05, 3.63) is 59.0 Å². The van der Waals surface area contributed by atoms with Crippen molar-refractivity contribution in [1.82, 2.24) is 24.9 Å². The number of benzene rings is 1. The van der Waals surface area contributed by atoms with E-state index in [1.165, 1.54) is 0 Å². The van der Waals surface area contributed by atoms with E-state index in [2.05, 4.69) is 36.1 Å². The molecule has 1 N–H and O–H groups in total. The molecule has 4 rings (SSSR count). The number of pyridine rings is 1. The molecule has 0 spiro atoms. The molecule has 0 bridgehead atoms. The summed E-state index contributed by atoms with van der Waals surface area (Å²) in [5.41, 5.74) is 3.92. The molecule has 0 amide bonds. The Morgan fingerprint density at radius 1 is 1.12 bits per heavy atom. The Bertz CT molecular complexity index is 875. The first kappa shape index (κ1) is 17.3. The second kappa shape index (κ2) is 7.65. The highest BCUT2D eigenvalue weighted by atomic mass is 79.9. The molecule has 0 aliphatic carbocycles. The molecule has 0 atom stereocenters. The van der Waals surface area contributed by atoms with Crippen LogP contribution >= 0.6 is 15.9 Å². The van der Waals surface area contributed by atoms with Gasteiger partial charge in [0.1, 0.15) is 5.69 Å². The summed E-state index contributed by atoms with van der Waals surface area (Å²) in [4.78, 5) is 6.46. The van der Waals surface area contributed by atoms with Crippen LogP contribution < -0.4 is 0 Å². The van der Waals surface area contributed by atoms with Gasteiger partial charge in [0.25, 0.3) is 0 Å². The van der Waals surface area contributed by atoms with Crippen molar-refractivity contribution in [3.8, 4) is 16.9 Å². The summed E-state index contributed by atoms with van der Waals surface area (Å²) in [5, 5.41) is 18.7. The zero-order valence-electron chi connectivity index (χ0n) is 14.3. The van der Waals surface area contributed by atoms with E-state index in [9.17, 15) is 5.11 Å². The maximum Gasteiger partial charge on any atom is 0.105 e. The van der Waals surface area contributed by atoms with Crippen molar-refractivity contribution in [2.45, 2.75) is 25.5 Å². The minimum atomic E-state index is -0.178. The topological polar surface area (TPSA) is 67.1 Å². The van der Waals surface area contributed by atoms with E-state index in [1.807, 2.05) is 41.1 Å². The molecule has 1 aliphatic rings. The minimum Gasteiger partial charge on any atom is -0.393 e. The second-order valence-corrected chi connectivity index (χ2v) is 7.44. The molecule has 1 saturated heterocycles. The van der Waals surface area contributed by atoms with Gasteiger partial charge in [-0.3, -0.25) is 9.88 Å². The largest absolute Gasteiger partial charge is 0.393 e. The highest BCUT2D eigenvalue weighted by molar-refractivity contribution is 9.10. The van der Waals surface area contributed by atoms with Crippen LogP contribution in [0.5, 0.6) is 0 Å². The number of hydrogen-bond donors (Lipinski definition) is 1. The second-order valence-electron chi connectivity index (χ2n) is 6.52. The van der Waals surface area contributed by atoms with Crippen LogP contribution in [0.1, 0.15) is 18.5 Å². The number of hydrogen-bond acceptors (Lipinski definition) is 5. The zero-order chi connectivity index (χ0) is 17.9. The third-order valence-electron chi connectivity index (χ3n) is 4.68. The van der Waals surface area contributed by atoms with Gasteiger partial charge in [0, 0.05) is 42.1 Å². The standard InChI is InChI=1S/C19H20BrN5O/c20-15-2-1-3-16(12-15)25-19(14-4-8-21-9-5-14)18(22-23-25)13-24-10-6-17(26)7-11-24/h1-5,8-9,12,17,26H,6-7,10-11,13H2. The molecular formula is C19H20BrN5O. The van der Waals surface area contributed by atoms with Gasteiger partial charge in [-0.1, -0.05) is 27.2 Å². The summed E-state index contributed by atoms with van der Waals surface area (Å²) >= 11 is 3.53. The molecule has 1 aliphatic heterocycles. The fourth-order valence-corrected chi connectivity index (χ4v) is 3.68. The first-order chi connectivity index (χ1) is 12.7. The number of likely N-dealkylation sites (tertiary alicyclic amines) is 1. The molecule has 134 valence electrons. The molecule has 2 aromatic heterocycles. The van der Waals surface area contributed by atoms with Gasteiger partial charge in [-0.25, -0.2) is 4.68 Å². The van der Waals surface area contributed by atoms with Crippen LogP contribution in [0.15, 0.2) is 53.3 Å². The fraction of sp³-hybridized carbons (Fsp3) is 0.316. The number of nitrogens with zero attached hydrogens (tertiary/aromatic N) is 5. The average molecular weight is 414 g/mol. The quantitative estimate of drug-likeness (QED) is 0.711. The Morgan fingerprint density at radius 2 is 1.88 bits per heavy atom. The molecule has 6 nitrogen and oxygen atoms in total. The molecule has 0 radical (unpaired) electrons. The van der Waals surface area contributed by atoms with E-state index in [0.29, 0.717) is 0 Å². The van der Waals surface area contributed by atoms with Crippen molar-refractivity contribution in [1.29, 1.82) is 0 Å². The van der Waals surface area contributed by atoms with Gasteiger partial charge in [0.2, 0.25) is 0 Å². The van der Waals surface area contributed by atoms with Gasteiger partial charge in [-0.15, -0.1) is 5.10 Å². The summed E-state index contributed by atoms with van der Waals surface area (Å²) < 4.78 is 2.88. The molecule has 1 aromatic carbocycles. The van der Waals surface area contributed by atoms with Gasteiger partial charge < -0.3 is 5.11 Å². The summed E-state index contributed by atoms with van der Waals surface area (Å²) in [6.45, 7) is 2.47. The number of piperidine rings is 1. The van der Waals surface area contributed by atoms with Gasteiger partial charge >= 0.3 is 0 Å². The highest BCUT2D eigenvalue weighted by Crippen LogP contribution is 2.27. The van der Waals surface area contributed by atoms with Crippen LogP contribution in [0.2, 0.25) is 0 Å². The van der Waals surface area contributed by atoms with E-state index < -0.39 is 0 Å². The lowest BCUT2D eigenvalue weighted by atomic mass is 10.1. The van der Waals surface area contributed by atoms with Crippen molar-refractivity contribution < 1.29 is 5.11 Å². The maximum atomic E-state index is 9.73. The summed E-state index contributed by atoms with van der Waals surface area (Å²) in [5.74, 6) is 0. The van der Waals surface area contributed by atoms with Crippen LogP contribution in [-0.2, 0) is 6.54 Å². The molecule has 3 aromatic rings. The normalized spacial score (nSPS) is 16.1. The predicted molar refractivity (Wildman–Crippen MR) is 103 cm³/mol. The first-order valence-electron chi connectivity index (χ1n) is 8.72. The van der Waals surface area contributed by atoms with Crippen LogP contribution in [0.3, 0.4) is 0 Å². The summed E-state index contributed by atoms with van der Waals surface area (Å²) in [6.07, 6.45) is 5.01. The first-order valence-corrected chi connectivity index (χ1v) is 9.51. The smallest absolute Gasteiger partial charge is 0.105 e. The number of aliphatic hydroxyl groups is 1. The maximum absolute atomic E-state index is 9.73. The van der Waals surface area contributed by atoms with Crippen molar-refractivity contribution in [2.75, 3.05) is 13.1 Å². The molecular weight excluding hydrogens is 394 g/mol. The molecule has 26 heavy (non-hydrogen) atoms. The molecule has 7 heteroatoms. The van der Waals surface area contributed by atoms with E-state index in [1.54, 1.807) is 12.4 Å². The zero-order valence-corrected chi connectivity index (χ0v) is 15.9. The Kier molecular flexibility index (Phi) is 5.10. The van der Waals surface area contributed by atoms with Gasteiger partial charge in [-0.05, 0) is 43.2 Å². The lowest BCUT2D eigenvalue weighted by Gasteiger charge is -2.28. The van der Waals surface area contributed by atoms with Crippen molar-refractivity contribution in [3.63, 3.8) is 0 Å². The van der Waals surface area contributed by atoms with Crippen molar-refractivity contribution in [2.24, 2.45) is 0 Å². The number of aromatic nitrogens is 4. The highest BCUT2D eigenvalue weighted by Gasteiger charge is 2.22. The molecule has 0 saturated carbocycles. The number of rotatable bonds is 4. The SMILES string of the molecule is OC1CCN(Cc2nnn(-c3cccc(Br)c3)c2-c2ccncc2)CC1. The molecule has 0 unspecified atom stereocenters. The van der Waals surface area contributed by atoms with E-state index in [0.717, 1.165) is 59.6 Å². The van der Waals surface area contributed by atoms with Gasteiger partial charge in [0.15, 0.2) is 0 Å².